The normalized spacial score (nSPS) is 15.5. The average molecular weight is 305 g/mol. The van der Waals surface area contributed by atoms with Crippen LogP contribution in [0.4, 0.5) is 5.69 Å². The summed E-state index contributed by atoms with van der Waals surface area (Å²) in [5.41, 5.74) is 6.25. The van der Waals surface area contributed by atoms with E-state index in [0.717, 1.165) is 25.9 Å². The third kappa shape index (κ3) is 3.90. The van der Waals surface area contributed by atoms with E-state index < -0.39 is 5.91 Å². The molecule has 0 aromatic heterocycles. The number of ether oxygens (including phenoxy) is 1. The van der Waals surface area contributed by atoms with Crippen LogP contribution in [0.2, 0.25) is 0 Å². The van der Waals surface area contributed by atoms with Gasteiger partial charge in [0, 0.05) is 18.7 Å². The second-order valence-corrected chi connectivity index (χ2v) is 5.70. The van der Waals surface area contributed by atoms with Crippen LogP contribution in [-0.4, -0.2) is 43.5 Å². The van der Waals surface area contributed by atoms with Gasteiger partial charge in [0.25, 0.3) is 0 Å². The number of piperidine rings is 1. The third-order valence-electron chi connectivity index (χ3n) is 4.05. The van der Waals surface area contributed by atoms with Gasteiger partial charge in [0.15, 0.2) is 0 Å². The van der Waals surface area contributed by atoms with Crippen LogP contribution in [0.25, 0.3) is 0 Å². The van der Waals surface area contributed by atoms with Gasteiger partial charge in [0.1, 0.15) is 5.75 Å². The van der Waals surface area contributed by atoms with E-state index in [9.17, 15) is 9.59 Å². The SMILES string of the molecule is COc1ccc(C(N)=O)cc1NCC(=O)N1CCC(C)CC1. The lowest BCUT2D eigenvalue weighted by molar-refractivity contribution is -0.130. The number of hydrogen-bond donors (Lipinski definition) is 2. The van der Waals surface area contributed by atoms with Gasteiger partial charge < -0.3 is 20.7 Å². The van der Waals surface area contributed by atoms with E-state index in [-0.39, 0.29) is 12.5 Å². The molecule has 2 amide bonds. The van der Waals surface area contributed by atoms with Crippen molar-refractivity contribution in [3.63, 3.8) is 0 Å². The minimum atomic E-state index is -0.512. The standard InChI is InChI=1S/C16H23N3O3/c1-11-5-7-19(8-6-11)15(20)10-18-13-9-12(16(17)21)3-4-14(13)22-2/h3-4,9,11,18H,5-8,10H2,1-2H3,(H2,17,21). The largest absolute Gasteiger partial charge is 0.495 e. The number of rotatable bonds is 5. The molecule has 6 heteroatoms. The first-order chi connectivity index (χ1) is 10.5. The summed E-state index contributed by atoms with van der Waals surface area (Å²) in [6.07, 6.45) is 2.10. The average Bonchev–Trinajstić information content (AvgIpc) is 2.52. The first kappa shape index (κ1) is 16.1. The Morgan fingerprint density at radius 1 is 1.36 bits per heavy atom. The first-order valence-corrected chi connectivity index (χ1v) is 7.50. The zero-order valence-electron chi connectivity index (χ0n) is 13.1. The van der Waals surface area contributed by atoms with Crippen LogP contribution in [0.15, 0.2) is 18.2 Å². The summed E-state index contributed by atoms with van der Waals surface area (Å²) in [5, 5.41) is 3.04. The number of carbonyl (C=O) groups excluding carboxylic acids is 2. The summed E-state index contributed by atoms with van der Waals surface area (Å²) >= 11 is 0. The van der Waals surface area contributed by atoms with Crippen LogP contribution in [0.1, 0.15) is 30.1 Å². The predicted octanol–water partition coefficient (Wildman–Crippen LogP) is 1.46. The summed E-state index contributed by atoms with van der Waals surface area (Å²) in [5.74, 6) is 0.801. The molecule has 1 heterocycles. The molecule has 1 aliphatic rings. The number of methoxy groups -OCH3 is 1. The fourth-order valence-electron chi connectivity index (χ4n) is 2.54. The Bertz CT molecular complexity index is 552. The smallest absolute Gasteiger partial charge is 0.248 e. The van der Waals surface area contributed by atoms with Crippen molar-refractivity contribution in [3.05, 3.63) is 23.8 Å². The fourth-order valence-corrected chi connectivity index (χ4v) is 2.54. The Balaban J connectivity index is 1.99. The fraction of sp³-hybridized carbons (Fsp3) is 0.500. The molecule has 3 N–H and O–H groups in total. The van der Waals surface area contributed by atoms with E-state index in [1.807, 2.05) is 4.90 Å². The second-order valence-electron chi connectivity index (χ2n) is 5.70. The van der Waals surface area contributed by atoms with Gasteiger partial charge in [-0.2, -0.15) is 0 Å². The van der Waals surface area contributed by atoms with Gasteiger partial charge in [-0.1, -0.05) is 6.92 Å². The van der Waals surface area contributed by atoms with E-state index in [4.69, 9.17) is 10.5 Å². The van der Waals surface area contributed by atoms with Gasteiger partial charge in [0.05, 0.1) is 19.3 Å². The maximum absolute atomic E-state index is 12.2. The van der Waals surface area contributed by atoms with E-state index in [1.165, 1.54) is 7.11 Å². The number of primary amides is 1. The van der Waals surface area contributed by atoms with E-state index >= 15 is 0 Å². The molecule has 22 heavy (non-hydrogen) atoms. The number of nitrogens with two attached hydrogens (primary N) is 1. The molecule has 1 saturated heterocycles. The number of likely N-dealkylation sites (tertiary alicyclic amines) is 1. The van der Waals surface area contributed by atoms with Gasteiger partial charge in [-0.25, -0.2) is 0 Å². The third-order valence-corrected chi connectivity index (χ3v) is 4.05. The molecule has 0 bridgehead atoms. The molecule has 1 aliphatic heterocycles. The van der Waals surface area contributed by atoms with Crippen LogP contribution < -0.4 is 15.8 Å². The highest BCUT2D eigenvalue weighted by molar-refractivity contribution is 5.94. The molecule has 1 fully saturated rings. The quantitative estimate of drug-likeness (QED) is 0.862. The van der Waals surface area contributed by atoms with E-state index in [2.05, 4.69) is 12.2 Å². The van der Waals surface area contributed by atoms with Crippen molar-refractivity contribution in [2.75, 3.05) is 32.1 Å². The molecule has 1 aromatic carbocycles. The molecule has 0 unspecified atom stereocenters. The van der Waals surface area contributed by atoms with Crippen molar-refractivity contribution in [2.24, 2.45) is 11.7 Å². The molecule has 0 spiro atoms. The number of anilines is 1. The van der Waals surface area contributed by atoms with Crippen molar-refractivity contribution >= 4 is 17.5 Å². The van der Waals surface area contributed by atoms with Crippen molar-refractivity contribution in [2.45, 2.75) is 19.8 Å². The highest BCUT2D eigenvalue weighted by atomic mass is 16.5. The molecular formula is C16H23N3O3. The van der Waals surface area contributed by atoms with Gasteiger partial charge in [-0.05, 0) is 37.0 Å². The Hall–Kier alpha value is -2.24. The van der Waals surface area contributed by atoms with Crippen LogP contribution in [0.5, 0.6) is 5.75 Å². The first-order valence-electron chi connectivity index (χ1n) is 7.50. The Morgan fingerprint density at radius 2 is 2.05 bits per heavy atom. The number of carbonyl (C=O) groups is 2. The monoisotopic (exact) mass is 305 g/mol. The molecule has 2 rings (SSSR count). The number of nitrogens with one attached hydrogen (secondary N) is 1. The summed E-state index contributed by atoms with van der Waals surface area (Å²) in [7, 11) is 1.54. The highest BCUT2D eigenvalue weighted by Gasteiger charge is 2.20. The summed E-state index contributed by atoms with van der Waals surface area (Å²) in [6, 6.07) is 4.86. The Morgan fingerprint density at radius 3 is 2.64 bits per heavy atom. The van der Waals surface area contributed by atoms with Gasteiger partial charge in [-0.15, -0.1) is 0 Å². The van der Waals surface area contributed by atoms with Crippen molar-refractivity contribution in [1.29, 1.82) is 0 Å². The Labute approximate surface area is 130 Å². The van der Waals surface area contributed by atoms with Crippen LogP contribution in [-0.2, 0) is 4.79 Å². The van der Waals surface area contributed by atoms with Crippen molar-refractivity contribution in [3.8, 4) is 5.75 Å². The minimum absolute atomic E-state index is 0.0541. The van der Waals surface area contributed by atoms with Crippen molar-refractivity contribution in [1.82, 2.24) is 4.90 Å². The maximum atomic E-state index is 12.2. The lowest BCUT2D eigenvalue weighted by Gasteiger charge is -2.30. The van der Waals surface area contributed by atoms with E-state index in [0.29, 0.717) is 22.9 Å². The summed E-state index contributed by atoms with van der Waals surface area (Å²) < 4.78 is 5.23. The predicted molar refractivity (Wildman–Crippen MR) is 85.0 cm³/mol. The lowest BCUT2D eigenvalue weighted by atomic mass is 9.99. The molecule has 120 valence electrons. The van der Waals surface area contributed by atoms with Gasteiger partial charge in [-0.3, -0.25) is 9.59 Å². The summed E-state index contributed by atoms with van der Waals surface area (Å²) in [6.45, 7) is 3.99. The minimum Gasteiger partial charge on any atom is -0.495 e. The number of benzene rings is 1. The molecular weight excluding hydrogens is 282 g/mol. The zero-order valence-corrected chi connectivity index (χ0v) is 13.1. The number of nitrogens with zero attached hydrogens (tertiary/aromatic N) is 1. The lowest BCUT2D eigenvalue weighted by Crippen LogP contribution is -2.40. The van der Waals surface area contributed by atoms with E-state index in [1.54, 1.807) is 18.2 Å². The highest BCUT2D eigenvalue weighted by Crippen LogP contribution is 2.25. The number of amides is 2. The maximum Gasteiger partial charge on any atom is 0.248 e. The molecule has 0 aliphatic carbocycles. The molecule has 0 radical (unpaired) electrons. The molecule has 0 saturated carbocycles. The van der Waals surface area contributed by atoms with Crippen LogP contribution in [0.3, 0.4) is 0 Å². The summed E-state index contributed by atoms with van der Waals surface area (Å²) in [4.78, 5) is 25.3. The number of hydrogen-bond acceptors (Lipinski definition) is 4. The van der Waals surface area contributed by atoms with Gasteiger partial charge in [0.2, 0.25) is 11.8 Å². The zero-order chi connectivity index (χ0) is 16.1. The molecule has 0 atom stereocenters. The van der Waals surface area contributed by atoms with Gasteiger partial charge >= 0.3 is 0 Å². The topological polar surface area (TPSA) is 84.7 Å². The molecule has 6 nitrogen and oxygen atoms in total. The molecule has 1 aromatic rings. The van der Waals surface area contributed by atoms with Crippen LogP contribution in [0, 0.1) is 5.92 Å². The second kappa shape index (κ2) is 7.15. The van der Waals surface area contributed by atoms with Crippen LogP contribution >= 0.6 is 0 Å². The van der Waals surface area contributed by atoms with Crippen molar-refractivity contribution < 1.29 is 14.3 Å². The Kier molecular flexibility index (Phi) is 5.25.